The standard InChI is InChI=1S/C18H27N3O2/c1-12-6-5-7-13(2)17(12)20-16(22)11-21(4)18(23)15-8-9-19-14(3)10-15/h5-7,14-15,19H,8-11H2,1-4H3,(H,20,22)/t14-,15-/m0/s1. The predicted molar refractivity (Wildman–Crippen MR) is 92.4 cm³/mol. The summed E-state index contributed by atoms with van der Waals surface area (Å²) in [5.41, 5.74) is 2.90. The number of nitrogens with zero attached hydrogens (tertiary/aromatic N) is 1. The van der Waals surface area contributed by atoms with Crippen LogP contribution < -0.4 is 10.6 Å². The van der Waals surface area contributed by atoms with Crippen LogP contribution in [-0.4, -0.2) is 42.9 Å². The Morgan fingerprint density at radius 3 is 2.57 bits per heavy atom. The molecule has 0 aromatic heterocycles. The largest absolute Gasteiger partial charge is 0.336 e. The minimum absolute atomic E-state index is 0.0178. The molecule has 1 saturated heterocycles. The summed E-state index contributed by atoms with van der Waals surface area (Å²) >= 11 is 0. The molecule has 0 radical (unpaired) electrons. The van der Waals surface area contributed by atoms with Gasteiger partial charge in [-0.05, 0) is 51.3 Å². The molecular weight excluding hydrogens is 290 g/mol. The summed E-state index contributed by atoms with van der Waals surface area (Å²) in [5.74, 6) is -0.0699. The minimum atomic E-state index is -0.153. The summed E-state index contributed by atoms with van der Waals surface area (Å²) in [5, 5.41) is 6.27. The quantitative estimate of drug-likeness (QED) is 0.894. The van der Waals surface area contributed by atoms with Crippen molar-refractivity contribution >= 4 is 17.5 Å². The van der Waals surface area contributed by atoms with E-state index in [0.717, 1.165) is 36.2 Å². The average molecular weight is 317 g/mol. The first-order valence-corrected chi connectivity index (χ1v) is 8.23. The van der Waals surface area contributed by atoms with E-state index in [4.69, 9.17) is 0 Å². The summed E-state index contributed by atoms with van der Waals surface area (Å²) in [4.78, 5) is 26.3. The van der Waals surface area contributed by atoms with Gasteiger partial charge in [-0.3, -0.25) is 9.59 Å². The lowest BCUT2D eigenvalue weighted by Crippen LogP contribution is -2.44. The molecule has 1 aliphatic rings. The van der Waals surface area contributed by atoms with Gasteiger partial charge in [0.2, 0.25) is 11.8 Å². The molecule has 23 heavy (non-hydrogen) atoms. The third-order valence-electron chi connectivity index (χ3n) is 4.48. The van der Waals surface area contributed by atoms with Crippen molar-refractivity contribution in [1.29, 1.82) is 0 Å². The van der Waals surface area contributed by atoms with Gasteiger partial charge >= 0.3 is 0 Å². The van der Waals surface area contributed by atoms with E-state index in [1.54, 1.807) is 11.9 Å². The molecule has 1 fully saturated rings. The summed E-state index contributed by atoms with van der Waals surface area (Å²) in [7, 11) is 1.71. The lowest BCUT2D eigenvalue weighted by atomic mass is 9.92. The van der Waals surface area contributed by atoms with Crippen molar-refractivity contribution in [3.63, 3.8) is 0 Å². The smallest absolute Gasteiger partial charge is 0.243 e. The Labute approximate surface area is 138 Å². The number of benzene rings is 1. The number of rotatable bonds is 4. The van der Waals surface area contributed by atoms with E-state index in [1.807, 2.05) is 32.0 Å². The van der Waals surface area contributed by atoms with E-state index in [2.05, 4.69) is 17.6 Å². The van der Waals surface area contributed by atoms with Crippen LogP contribution in [0.4, 0.5) is 5.69 Å². The van der Waals surface area contributed by atoms with Crippen molar-refractivity contribution in [1.82, 2.24) is 10.2 Å². The van der Waals surface area contributed by atoms with E-state index in [9.17, 15) is 9.59 Å². The molecule has 0 aliphatic carbocycles. The van der Waals surface area contributed by atoms with E-state index >= 15 is 0 Å². The summed E-state index contributed by atoms with van der Waals surface area (Å²) in [6, 6.07) is 6.25. The highest BCUT2D eigenvalue weighted by Gasteiger charge is 2.27. The molecule has 5 heteroatoms. The molecule has 0 unspecified atom stereocenters. The molecule has 2 N–H and O–H groups in total. The number of hydrogen-bond acceptors (Lipinski definition) is 3. The molecule has 1 aliphatic heterocycles. The lowest BCUT2D eigenvalue weighted by molar-refractivity contribution is -0.137. The van der Waals surface area contributed by atoms with Crippen LogP contribution in [0.2, 0.25) is 0 Å². The highest BCUT2D eigenvalue weighted by molar-refractivity contribution is 5.95. The van der Waals surface area contributed by atoms with Crippen molar-refractivity contribution in [2.75, 3.05) is 25.5 Å². The van der Waals surface area contributed by atoms with Gasteiger partial charge < -0.3 is 15.5 Å². The Morgan fingerprint density at radius 1 is 1.30 bits per heavy atom. The first-order chi connectivity index (χ1) is 10.9. The number of piperidine rings is 1. The van der Waals surface area contributed by atoms with Gasteiger partial charge in [0.15, 0.2) is 0 Å². The number of nitrogens with one attached hydrogen (secondary N) is 2. The van der Waals surface area contributed by atoms with Crippen LogP contribution in [0, 0.1) is 19.8 Å². The molecule has 0 bridgehead atoms. The number of carbonyl (C=O) groups is 2. The maximum atomic E-state index is 12.5. The number of amides is 2. The monoisotopic (exact) mass is 317 g/mol. The molecular formula is C18H27N3O2. The molecule has 0 saturated carbocycles. The Balaban J connectivity index is 1.93. The SMILES string of the molecule is Cc1cccc(C)c1NC(=O)CN(C)C(=O)[C@H]1CCN[C@@H](C)C1. The Morgan fingerprint density at radius 2 is 1.96 bits per heavy atom. The normalized spacial score (nSPS) is 20.9. The molecule has 1 heterocycles. The van der Waals surface area contributed by atoms with Crippen molar-refractivity contribution < 1.29 is 9.59 Å². The van der Waals surface area contributed by atoms with Gasteiger partial charge in [-0.15, -0.1) is 0 Å². The van der Waals surface area contributed by atoms with E-state index in [-0.39, 0.29) is 24.3 Å². The van der Waals surface area contributed by atoms with Crippen molar-refractivity contribution in [2.24, 2.45) is 5.92 Å². The van der Waals surface area contributed by atoms with Gasteiger partial charge in [0.05, 0.1) is 6.54 Å². The van der Waals surface area contributed by atoms with Crippen LogP contribution in [0.1, 0.15) is 30.9 Å². The zero-order valence-electron chi connectivity index (χ0n) is 14.5. The third-order valence-corrected chi connectivity index (χ3v) is 4.48. The lowest BCUT2D eigenvalue weighted by Gasteiger charge is -2.30. The number of anilines is 1. The predicted octanol–water partition coefficient (Wildman–Crippen LogP) is 2.09. The van der Waals surface area contributed by atoms with Crippen molar-refractivity contribution in [3.05, 3.63) is 29.3 Å². The second-order valence-electron chi connectivity index (χ2n) is 6.59. The average Bonchev–Trinajstić information content (AvgIpc) is 2.50. The molecule has 2 amide bonds. The van der Waals surface area contributed by atoms with Crippen LogP contribution in [0.15, 0.2) is 18.2 Å². The Kier molecular flexibility index (Phi) is 5.77. The fourth-order valence-electron chi connectivity index (χ4n) is 3.15. The summed E-state index contributed by atoms with van der Waals surface area (Å²) in [6.45, 7) is 6.97. The van der Waals surface area contributed by atoms with Gasteiger partial charge in [0, 0.05) is 24.7 Å². The van der Waals surface area contributed by atoms with Gasteiger partial charge in [0.25, 0.3) is 0 Å². The fraction of sp³-hybridized carbons (Fsp3) is 0.556. The third kappa shape index (κ3) is 4.55. The molecule has 1 aromatic carbocycles. The van der Waals surface area contributed by atoms with Crippen LogP contribution in [0.5, 0.6) is 0 Å². The summed E-state index contributed by atoms with van der Waals surface area (Å²) in [6.07, 6.45) is 1.67. The second-order valence-corrected chi connectivity index (χ2v) is 6.59. The first kappa shape index (κ1) is 17.5. The number of carbonyl (C=O) groups excluding carboxylic acids is 2. The molecule has 2 atom stereocenters. The molecule has 2 rings (SSSR count). The minimum Gasteiger partial charge on any atom is -0.336 e. The van der Waals surface area contributed by atoms with Crippen LogP contribution in [0.25, 0.3) is 0 Å². The second kappa shape index (κ2) is 7.59. The zero-order chi connectivity index (χ0) is 17.0. The summed E-state index contributed by atoms with van der Waals surface area (Å²) < 4.78 is 0. The number of hydrogen-bond donors (Lipinski definition) is 2. The van der Waals surface area contributed by atoms with Gasteiger partial charge in [-0.25, -0.2) is 0 Å². The van der Waals surface area contributed by atoms with Gasteiger partial charge in [0.1, 0.15) is 0 Å². The Bertz CT molecular complexity index is 565. The van der Waals surface area contributed by atoms with Crippen molar-refractivity contribution in [3.8, 4) is 0 Å². The van der Waals surface area contributed by atoms with Crippen molar-refractivity contribution in [2.45, 2.75) is 39.7 Å². The topological polar surface area (TPSA) is 61.4 Å². The van der Waals surface area contributed by atoms with Crippen LogP contribution >= 0.6 is 0 Å². The Hall–Kier alpha value is -1.88. The molecule has 5 nitrogen and oxygen atoms in total. The highest BCUT2D eigenvalue weighted by Crippen LogP contribution is 2.20. The zero-order valence-corrected chi connectivity index (χ0v) is 14.5. The number of aryl methyl sites for hydroxylation is 2. The number of likely N-dealkylation sites (N-methyl/N-ethyl adjacent to an activating group) is 1. The first-order valence-electron chi connectivity index (χ1n) is 8.23. The maximum Gasteiger partial charge on any atom is 0.243 e. The van der Waals surface area contributed by atoms with Gasteiger partial charge in [-0.1, -0.05) is 18.2 Å². The van der Waals surface area contributed by atoms with E-state index in [0.29, 0.717) is 6.04 Å². The fourth-order valence-corrected chi connectivity index (χ4v) is 3.15. The molecule has 1 aromatic rings. The number of para-hydroxylation sites is 1. The molecule has 0 spiro atoms. The highest BCUT2D eigenvalue weighted by atomic mass is 16.2. The maximum absolute atomic E-state index is 12.5. The van der Waals surface area contributed by atoms with E-state index < -0.39 is 0 Å². The van der Waals surface area contributed by atoms with Gasteiger partial charge in [-0.2, -0.15) is 0 Å². The van der Waals surface area contributed by atoms with Crippen LogP contribution in [0.3, 0.4) is 0 Å². The van der Waals surface area contributed by atoms with E-state index in [1.165, 1.54) is 0 Å². The molecule has 126 valence electrons. The van der Waals surface area contributed by atoms with Crippen LogP contribution in [-0.2, 0) is 9.59 Å².